The Labute approximate surface area is 141 Å². The van der Waals surface area contributed by atoms with Gasteiger partial charge in [0.15, 0.2) is 11.5 Å². The van der Waals surface area contributed by atoms with Crippen molar-refractivity contribution in [2.75, 3.05) is 33.3 Å². The molecule has 122 valence electrons. The number of halogens is 1. The number of nitrogens with one attached hydrogen (secondary N) is 1. The van der Waals surface area contributed by atoms with Gasteiger partial charge in [-0.2, -0.15) is 0 Å². The van der Waals surface area contributed by atoms with Crippen molar-refractivity contribution >= 4 is 15.9 Å². The van der Waals surface area contributed by atoms with Gasteiger partial charge in [-0.15, -0.1) is 0 Å². The predicted molar refractivity (Wildman–Crippen MR) is 91.5 cm³/mol. The Balaban J connectivity index is 1.95. The maximum absolute atomic E-state index is 10.1. The van der Waals surface area contributed by atoms with Crippen LogP contribution in [0.3, 0.4) is 0 Å². The van der Waals surface area contributed by atoms with E-state index < -0.39 is 0 Å². The van der Waals surface area contributed by atoms with E-state index in [2.05, 4.69) is 32.2 Å². The zero-order chi connectivity index (χ0) is 15.5. The summed E-state index contributed by atoms with van der Waals surface area (Å²) >= 11 is 3.48. The molecule has 1 saturated heterocycles. The van der Waals surface area contributed by atoms with Crippen LogP contribution in [0.5, 0.6) is 11.5 Å². The zero-order valence-corrected chi connectivity index (χ0v) is 14.7. The summed E-state index contributed by atoms with van der Waals surface area (Å²) in [6.07, 6.45) is 5.28. The number of piperazine rings is 1. The summed E-state index contributed by atoms with van der Waals surface area (Å²) in [5.74, 6) is 1.46. The van der Waals surface area contributed by atoms with Gasteiger partial charge >= 0.3 is 0 Å². The van der Waals surface area contributed by atoms with Gasteiger partial charge in [0, 0.05) is 32.2 Å². The van der Waals surface area contributed by atoms with E-state index >= 15 is 0 Å². The quantitative estimate of drug-likeness (QED) is 0.855. The van der Waals surface area contributed by atoms with E-state index in [1.807, 2.05) is 6.07 Å². The molecule has 1 saturated carbocycles. The molecule has 22 heavy (non-hydrogen) atoms. The average Bonchev–Trinajstić information content (AvgIpc) is 3.06. The van der Waals surface area contributed by atoms with Crippen LogP contribution in [-0.2, 0) is 0 Å². The molecule has 0 unspecified atom stereocenters. The van der Waals surface area contributed by atoms with Crippen LogP contribution in [0.25, 0.3) is 0 Å². The molecule has 2 fully saturated rings. The summed E-state index contributed by atoms with van der Waals surface area (Å²) in [5.41, 5.74) is 1.26. The Bertz CT molecular complexity index is 512. The smallest absolute Gasteiger partial charge is 0.172 e. The van der Waals surface area contributed by atoms with E-state index in [1.54, 1.807) is 7.11 Å². The van der Waals surface area contributed by atoms with Crippen molar-refractivity contribution < 1.29 is 9.84 Å². The molecule has 2 N–H and O–H groups in total. The van der Waals surface area contributed by atoms with Crippen molar-refractivity contribution in [3.63, 3.8) is 0 Å². The van der Waals surface area contributed by atoms with E-state index in [9.17, 15) is 5.11 Å². The van der Waals surface area contributed by atoms with Crippen molar-refractivity contribution in [2.24, 2.45) is 5.92 Å². The minimum atomic E-state index is 0.191. The van der Waals surface area contributed by atoms with Gasteiger partial charge in [-0.3, -0.25) is 4.90 Å². The molecular weight excluding hydrogens is 344 g/mol. The molecule has 0 amide bonds. The predicted octanol–water partition coefficient (Wildman–Crippen LogP) is 3.30. The zero-order valence-electron chi connectivity index (χ0n) is 13.1. The van der Waals surface area contributed by atoms with Gasteiger partial charge in [-0.25, -0.2) is 0 Å². The molecule has 4 nitrogen and oxygen atoms in total. The summed E-state index contributed by atoms with van der Waals surface area (Å²) in [7, 11) is 1.61. The highest BCUT2D eigenvalue weighted by Crippen LogP contribution is 2.44. The summed E-state index contributed by atoms with van der Waals surface area (Å²) in [6, 6.07) is 4.52. The standard InChI is InChI=1S/C17H25BrN2O2/c1-22-15-11-13(10-14(18)17(15)21)16(12-4-2-3-5-12)20-8-6-19-7-9-20/h10-12,16,19,21H,2-9H2,1H3/t16-/m1/s1. The Morgan fingerprint density at radius 2 is 1.95 bits per heavy atom. The van der Waals surface area contributed by atoms with Crippen LogP contribution in [0, 0.1) is 5.92 Å². The third kappa shape index (κ3) is 3.26. The molecule has 1 atom stereocenters. The lowest BCUT2D eigenvalue weighted by molar-refractivity contribution is 0.125. The van der Waals surface area contributed by atoms with Crippen LogP contribution < -0.4 is 10.1 Å². The third-order valence-electron chi connectivity index (χ3n) is 5.00. The SMILES string of the molecule is COc1cc([C@@H](C2CCCC2)N2CCNCC2)cc(Br)c1O. The number of nitrogens with zero attached hydrogens (tertiary/aromatic N) is 1. The van der Waals surface area contributed by atoms with E-state index in [0.717, 1.165) is 30.7 Å². The largest absolute Gasteiger partial charge is 0.503 e. The first-order chi connectivity index (χ1) is 10.7. The second-order valence-corrected chi connectivity index (χ2v) is 7.18. The third-order valence-corrected chi connectivity index (χ3v) is 5.61. The van der Waals surface area contributed by atoms with Crippen LogP contribution >= 0.6 is 15.9 Å². The average molecular weight is 369 g/mol. The lowest BCUT2D eigenvalue weighted by Crippen LogP contribution is -2.46. The van der Waals surface area contributed by atoms with Crippen molar-refractivity contribution in [1.29, 1.82) is 0 Å². The number of ether oxygens (including phenoxy) is 1. The second-order valence-electron chi connectivity index (χ2n) is 6.33. The van der Waals surface area contributed by atoms with E-state index in [-0.39, 0.29) is 5.75 Å². The number of hydrogen-bond acceptors (Lipinski definition) is 4. The topological polar surface area (TPSA) is 44.7 Å². The molecule has 1 aliphatic carbocycles. The summed E-state index contributed by atoms with van der Waals surface area (Å²) in [6.45, 7) is 4.28. The molecule has 0 bridgehead atoms. The molecular formula is C17H25BrN2O2. The van der Waals surface area contributed by atoms with Gasteiger partial charge in [-0.1, -0.05) is 12.8 Å². The molecule has 5 heteroatoms. The fourth-order valence-corrected chi connectivity index (χ4v) is 4.39. The van der Waals surface area contributed by atoms with Crippen molar-refractivity contribution in [2.45, 2.75) is 31.7 Å². The monoisotopic (exact) mass is 368 g/mol. The van der Waals surface area contributed by atoms with Gasteiger partial charge in [0.05, 0.1) is 11.6 Å². The Hall–Kier alpha value is -0.780. The molecule has 3 rings (SSSR count). The Kier molecular flexibility index (Phi) is 5.26. The lowest BCUT2D eigenvalue weighted by atomic mass is 9.89. The Morgan fingerprint density at radius 3 is 2.59 bits per heavy atom. The second kappa shape index (κ2) is 7.20. The molecule has 1 aromatic carbocycles. The first kappa shape index (κ1) is 16.1. The highest BCUT2D eigenvalue weighted by molar-refractivity contribution is 9.10. The van der Waals surface area contributed by atoms with Gasteiger partial charge in [-0.05, 0) is 52.4 Å². The molecule has 1 aromatic rings. The Morgan fingerprint density at radius 1 is 1.27 bits per heavy atom. The summed E-state index contributed by atoms with van der Waals surface area (Å²) in [4.78, 5) is 2.60. The fraction of sp³-hybridized carbons (Fsp3) is 0.647. The maximum atomic E-state index is 10.1. The molecule has 0 spiro atoms. The van der Waals surface area contributed by atoms with Gasteiger partial charge in [0.2, 0.25) is 0 Å². The van der Waals surface area contributed by atoms with Gasteiger partial charge in [0.25, 0.3) is 0 Å². The fourth-order valence-electron chi connectivity index (χ4n) is 3.93. The van der Waals surface area contributed by atoms with E-state index in [1.165, 1.54) is 31.2 Å². The lowest BCUT2D eigenvalue weighted by Gasteiger charge is -2.39. The minimum absolute atomic E-state index is 0.191. The van der Waals surface area contributed by atoms with Crippen LogP contribution in [0.15, 0.2) is 16.6 Å². The first-order valence-corrected chi connectivity index (χ1v) is 9.01. The number of methoxy groups -OCH3 is 1. The van der Waals surface area contributed by atoms with E-state index in [4.69, 9.17) is 4.74 Å². The number of hydrogen-bond donors (Lipinski definition) is 2. The number of aromatic hydroxyl groups is 1. The summed E-state index contributed by atoms with van der Waals surface area (Å²) < 4.78 is 6.08. The minimum Gasteiger partial charge on any atom is -0.503 e. The van der Waals surface area contributed by atoms with Crippen LogP contribution in [0.4, 0.5) is 0 Å². The van der Waals surface area contributed by atoms with Gasteiger partial charge < -0.3 is 15.2 Å². The molecule has 1 aliphatic heterocycles. The van der Waals surface area contributed by atoms with Gasteiger partial charge in [0.1, 0.15) is 0 Å². The number of rotatable bonds is 4. The maximum Gasteiger partial charge on any atom is 0.172 e. The van der Waals surface area contributed by atoms with Crippen molar-refractivity contribution in [3.8, 4) is 11.5 Å². The van der Waals surface area contributed by atoms with Crippen LogP contribution in [-0.4, -0.2) is 43.3 Å². The highest BCUT2D eigenvalue weighted by Gasteiger charge is 2.32. The molecule has 0 aromatic heterocycles. The van der Waals surface area contributed by atoms with Crippen LogP contribution in [0.2, 0.25) is 0 Å². The van der Waals surface area contributed by atoms with Crippen molar-refractivity contribution in [3.05, 3.63) is 22.2 Å². The molecule has 2 aliphatic rings. The summed E-state index contributed by atoms with van der Waals surface area (Å²) in [5, 5.41) is 13.5. The van der Waals surface area contributed by atoms with E-state index in [0.29, 0.717) is 17.7 Å². The molecule has 0 radical (unpaired) electrons. The number of benzene rings is 1. The number of phenols is 1. The number of phenolic OH excluding ortho intramolecular Hbond substituents is 1. The highest BCUT2D eigenvalue weighted by atomic mass is 79.9. The normalized spacial score (nSPS) is 21.9. The molecule has 1 heterocycles. The van der Waals surface area contributed by atoms with Crippen molar-refractivity contribution in [1.82, 2.24) is 10.2 Å². The van der Waals surface area contributed by atoms with Crippen LogP contribution in [0.1, 0.15) is 37.3 Å². The first-order valence-electron chi connectivity index (χ1n) is 8.22.